The molecule has 0 bridgehead atoms. The number of fused-ring (bicyclic) bond motifs is 1. The van der Waals surface area contributed by atoms with Crippen LogP contribution in [-0.2, 0) is 10.0 Å². The van der Waals surface area contributed by atoms with Gasteiger partial charge in [0.05, 0.1) is 4.90 Å². The maximum atomic E-state index is 12.0. The van der Waals surface area contributed by atoms with Crippen LogP contribution in [-0.4, -0.2) is 36.6 Å². The fraction of sp³-hybridized carbons (Fsp3) is 0.217. The van der Waals surface area contributed by atoms with Gasteiger partial charge in [0.15, 0.2) is 11.5 Å². The maximum Gasteiger partial charge on any atom is 0.268 e. The molecule has 0 spiro atoms. The topological polar surface area (TPSA) is 85.1 Å². The minimum absolute atomic E-state index is 0.0692. The zero-order valence-electron chi connectivity index (χ0n) is 17.9. The summed E-state index contributed by atoms with van der Waals surface area (Å²) >= 11 is 0. The van der Waals surface area contributed by atoms with Crippen molar-refractivity contribution in [3.8, 4) is 22.6 Å². The number of anilines is 2. The van der Waals surface area contributed by atoms with Crippen LogP contribution in [0.2, 0.25) is 0 Å². The van der Waals surface area contributed by atoms with Crippen molar-refractivity contribution in [2.24, 2.45) is 5.14 Å². The molecule has 0 amide bonds. The molecule has 1 heterocycles. The Morgan fingerprint density at radius 1 is 0.806 bits per heavy atom. The number of nitrogens with zero attached hydrogens (tertiary/aromatic N) is 2. The number of rotatable bonds is 5. The van der Waals surface area contributed by atoms with Crippen LogP contribution < -0.4 is 24.4 Å². The summed E-state index contributed by atoms with van der Waals surface area (Å²) in [4.78, 5) is 4.13. The summed E-state index contributed by atoms with van der Waals surface area (Å²) in [6.07, 6.45) is -0.600. The van der Waals surface area contributed by atoms with Gasteiger partial charge in [-0.15, -0.1) is 0 Å². The zero-order chi connectivity index (χ0) is 22.3. The van der Waals surface area contributed by atoms with Crippen molar-refractivity contribution < 1.29 is 17.9 Å². The van der Waals surface area contributed by atoms with Crippen molar-refractivity contribution in [1.29, 1.82) is 0 Å². The van der Waals surface area contributed by atoms with Gasteiger partial charge in [0.25, 0.3) is 6.29 Å². The highest BCUT2D eigenvalue weighted by Gasteiger charge is 2.28. The van der Waals surface area contributed by atoms with E-state index in [0.717, 1.165) is 16.9 Å². The van der Waals surface area contributed by atoms with Gasteiger partial charge in [-0.05, 0) is 42.0 Å². The average Bonchev–Trinajstić information content (AvgIpc) is 3.16. The summed E-state index contributed by atoms with van der Waals surface area (Å²) in [5.74, 6) is 1.15. The molecule has 0 saturated carbocycles. The summed E-state index contributed by atoms with van der Waals surface area (Å²) in [5.41, 5.74) is 4.16. The first-order valence-electron chi connectivity index (χ1n) is 9.72. The Bertz CT molecular complexity index is 1210. The first-order valence-corrected chi connectivity index (χ1v) is 11.3. The summed E-state index contributed by atoms with van der Waals surface area (Å²) in [6, 6.07) is 18.1. The molecular weight excluding hydrogens is 414 g/mol. The van der Waals surface area contributed by atoms with Crippen LogP contribution in [0.15, 0.2) is 65.6 Å². The minimum atomic E-state index is -3.86. The Kier molecular flexibility index (Phi) is 5.28. The molecule has 162 valence electrons. The van der Waals surface area contributed by atoms with Crippen molar-refractivity contribution >= 4 is 21.4 Å². The van der Waals surface area contributed by atoms with Crippen molar-refractivity contribution in [3.63, 3.8) is 0 Å². The molecule has 3 aromatic rings. The first-order chi connectivity index (χ1) is 14.6. The molecule has 0 aromatic heterocycles. The van der Waals surface area contributed by atoms with E-state index in [1.807, 2.05) is 50.1 Å². The summed E-state index contributed by atoms with van der Waals surface area (Å²) in [6.45, 7) is 0. The molecule has 2 N–H and O–H groups in total. The Balaban J connectivity index is 1.70. The SMILES string of the molecule is CN(C)c1cc(C2Oc3ccc(-c4ccccc4S(N)(=O)=O)cc3O2)cc(N(C)C)c1. The monoisotopic (exact) mass is 439 g/mol. The van der Waals surface area contributed by atoms with Gasteiger partial charge in [-0.25, -0.2) is 13.6 Å². The van der Waals surface area contributed by atoms with Crippen molar-refractivity contribution in [1.82, 2.24) is 0 Å². The molecule has 0 saturated heterocycles. The summed E-state index contributed by atoms with van der Waals surface area (Å²) in [5, 5.41) is 5.39. The van der Waals surface area contributed by atoms with E-state index in [9.17, 15) is 8.42 Å². The predicted octanol–water partition coefficient (Wildman–Crippen LogP) is 3.60. The van der Waals surface area contributed by atoms with Crippen LogP contribution in [0.3, 0.4) is 0 Å². The lowest BCUT2D eigenvalue weighted by Crippen LogP contribution is -2.15. The third kappa shape index (κ3) is 4.17. The van der Waals surface area contributed by atoms with Crippen LogP contribution in [0.5, 0.6) is 11.5 Å². The van der Waals surface area contributed by atoms with Gasteiger partial charge in [-0.1, -0.05) is 24.3 Å². The third-order valence-electron chi connectivity index (χ3n) is 5.15. The molecule has 0 radical (unpaired) electrons. The average molecular weight is 440 g/mol. The van der Waals surface area contributed by atoms with Crippen molar-refractivity contribution in [2.75, 3.05) is 38.0 Å². The Hall–Kier alpha value is -3.23. The number of nitrogens with two attached hydrogens (primary N) is 1. The van der Waals surface area contributed by atoms with Gasteiger partial charge in [-0.2, -0.15) is 0 Å². The van der Waals surface area contributed by atoms with Gasteiger partial charge in [0, 0.05) is 50.7 Å². The molecule has 7 nitrogen and oxygen atoms in total. The van der Waals surface area contributed by atoms with Crippen molar-refractivity contribution in [3.05, 3.63) is 66.2 Å². The highest BCUT2D eigenvalue weighted by Crippen LogP contribution is 2.44. The van der Waals surface area contributed by atoms with E-state index in [4.69, 9.17) is 14.6 Å². The lowest BCUT2D eigenvalue weighted by molar-refractivity contribution is 0.0488. The fourth-order valence-electron chi connectivity index (χ4n) is 3.48. The Morgan fingerprint density at radius 2 is 1.42 bits per heavy atom. The normalized spacial score (nSPS) is 15.1. The number of hydrogen-bond donors (Lipinski definition) is 1. The molecule has 1 aliphatic heterocycles. The number of ether oxygens (including phenoxy) is 2. The van der Waals surface area contributed by atoms with Gasteiger partial charge in [0.1, 0.15) is 0 Å². The Labute approximate surface area is 182 Å². The van der Waals surface area contributed by atoms with Crippen LogP contribution in [0.4, 0.5) is 11.4 Å². The largest absolute Gasteiger partial charge is 0.447 e. The zero-order valence-corrected chi connectivity index (χ0v) is 18.7. The fourth-order valence-corrected chi connectivity index (χ4v) is 4.24. The second-order valence-electron chi connectivity index (χ2n) is 7.84. The molecule has 0 fully saturated rings. The molecule has 1 aliphatic rings. The van der Waals surface area contributed by atoms with E-state index >= 15 is 0 Å². The van der Waals surface area contributed by atoms with E-state index in [2.05, 4.69) is 6.07 Å². The number of sulfonamides is 1. The lowest BCUT2D eigenvalue weighted by atomic mass is 10.1. The quantitative estimate of drug-likeness (QED) is 0.654. The van der Waals surface area contributed by atoms with E-state index in [1.165, 1.54) is 6.07 Å². The van der Waals surface area contributed by atoms with E-state index in [0.29, 0.717) is 22.6 Å². The molecule has 0 aliphatic carbocycles. The van der Waals surface area contributed by atoms with E-state index in [1.54, 1.807) is 36.4 Å². The predicted molar refractivity (Wildman–Crippen MR) is 122 cm³/mol. The highest BCUT2D eigenvalue weighted by atomic mass is 32.2. The van der Waals surface area contributed by atoms with Crippen LogP contribution in [0.1, 0.15) is 11.9 Å². The van der Waals surface area contributed by atoms with Gasteiger partial charge in [-0.3, -0.25) is 0 Å². The lowest BCUT2D eigenvalue weighted by Gasteiger charge is -2.21. The van der Waals surface area contributed by atoms with Crippen LogP contribution in [0.25, 0.3) is 11.1 Å². The molecule has 4 rings (SSSR count). The number of hydrogen-bond acceptors (Lipinski definition) is 6. The highest BCUT2D eigenvalue weighted by molar-refractivity contribution is 7.89. The first kappa shape index (κ1) is 21.0. The van der Waals surface area contributed by atoms with Gasteiger partial charge in [0.2, 0.25) is 10.0 Å². The molecule has 1 unspecified atom stereocenters. The number of benzene rings is 3. The second-order valence-corrected chi connectivity index (χ2v) is 9.37. The maximum absolute atomic E-state index is 12.0. The summed E-state index contributed by atoms with van der Waals surface area (Å²) in [7, 11) is 4.08. The molecule has 1 atom stereocenters. The minimum Gasteiger partial charge on any atom is -0.447 e. The Morgan fingerprint density at radius 3 is 2.03 bits per heavy atom. The standard InChI is InChI=1S/C23H25N3O4S/c1-25(2)17-11-16(12-18(14-17)26(3)4)23-29-20-10-9-15(13-21(20)30-23)19-7-5-6-8-22(19)31(24,27)28/h5-14,23H,1-4H3,(H2,24,27,28). The molecule has 31 heavy (non-hydrogen) atoms. The van der Waals surface area contributed by atoms with Gasteiger partial charge >= 0.3 is 0 Å². The second kappa shape index (κ2) is 7.79. The molecule has 8 heteroatoms. The van der Waals surface area contributed by atoms with Crippen LogP contribution >= 0.6 is 0 Å². The molecule has 3 aromatic carbocycles. The smallest absolute Gasteiger partial charge is 0.268 e. The van der Waals surface area contributed by atoms with Crippen LogP contribution in [0, 0.1) is 0 Å². The van der Waals surface area contributed by atoms with E-state index in [-0.39, 0.29) is 4.90 Å². The van der Waals surface area contributed by atoms with E-state index < -0.39 is 16.3 Å². The number of primary sulfonamides is 1. The van der Waals surface area contributed by atoms with Crippen molar-refractivity contribution in [2.45, 2.75) is 11.2 Å². The molecular formula is C23H25N3O4S. The third-order valence-corrected chi connectivity index (χ3v) is 6.12. The summed E-state index contributed by atoms with van der Waals surface area (Å²) < 4.78 is 36.1. The van der Waals surface area contributed by atoms with Gasteiger partial charge < -0.3 is 19.3 Å².